The number of anilines is 2. The summed E-state index contributed by atoms with van der Waals surface area (Å²) in [7, 11) is 0. The van der Waals surface area contributed by atoms with Gasteiger partial charge in [0.1, 0.15) is 11.3 Å². The lowest BCUT2D eigenvalue weighted by Gasteiger charge is -2.13. The Hall–Kier alpha value is -3.33. The zero-order valence-electron chi connectivity index (χ0n) is 15.8. The van der Waals surface area contributed by atoms with Gasteiger partial charge in [-0.25, -0.2) is 4.98 Å². The molecule has 0 saturated carbocycles. The first-order valence-electron chi connectivity index (χ1n) is 8.77. The highest BCUT2D eigenvalue weighted by molar-refractivity contribution is 7.99. The van der Waals surface area contributed by atoms with Crippen molar-refractivity contribution in [2.75, 3.05) is 16.4 Å². The number of rotatable bonds is 7. The van der Waals surface area contributed by atoms with Crippen LogP contribution in [0.15, 0.2) is 58.2 Å². The number of ether oxygens (including phenoxy) is 1. The summed E-state index contributed by atoms with van der Waals surface area (Å²) in [4.78, 5) is 39.5. The van der Waals surface area contributed by atoms with E-state index in [1.54, 1.807) is 30.3 Å². The first-order chi connectivity index (χ1) is 13.9. The fourth-order valence-corrected chi connectivity index (χ4v) is 3.02. The van der Waals surface area contributed by atoms with E-state index in [-0.39, 0.29) is 11.7 Å². The number of nitrogens with one attached hydrogen (secondary N) is 2. The van der Waals surface area contributed by atoms with E-state index < -0.39 is 18.0 Å². The summed E-state index contributed by atoms with van der Waals surface area (Å²) in [6, 6.07) is 13.9. The molecule has 2 aromatic carbocycles. The van der Waals surface area contributed by atoms with Crippen LogP contribution in [0.2, 0.25) is 0 Å². The van der Waals surface area contributed by atoms with E-state index in [2.05, 4.69) is 15.6 Å². The average molecular weight is 413 g/mol. The number of thioether (sulfide) groups is 1. The number of carbonyl (C=O) groups is 3. The predicted octanol–water partition coefficient (Wildman–Crippen LogP) is 3.45. The van der Waals surface area contributed by atoms with Crippen molar-refractivity contribution in [1.29, 1.82) is 0 Å². The molecule has 0 spiro atoms. The smallest absolute Gasteiger partial charge is 0.317 e. The molecule has 1 heterocycles. The third kappa shape index (κ3) is 5.82. The maximum Gasteiger partial charge on any atom is 0.317 e. The molecule has 2 N–H and O–H groups in total. The monoisotopic (exact) mass is 413 g/mol. The second-order valence-electron chi connectivity index (χ2n) is 6.12. The average Bonchev–Trinajstić information content (AvgIpc) is 3.10. The number of para-hydroxylation sites is 2. The van der Waals surface area contributed by atoms with Gasteiger partial charge in [-0.1, -0.05) is 23.9 Å². The number of aromatic nitrogens is 1. The third-order valence-corrected chi connectivity index (χ3v) is 4.54. The number of hydrogen-bond donors (Lipinski definition) is 2. The normalized spacial score (nSPS) is 11.7. The van der Waals surface area contributed by atoms with E-state index in [1.165, 1.54) is 13.8 Å². The number of fused-ring (bicyclic) bond motifs is 1. The summed E-state index contributed by atoms with van der Waals surface area (Å²) in [6.45, 7) is 2.90. The molecule has 0 aliphatic carbocycles. The van der Waals surface area contributed by atoms with Gasteiger partial charge in [-0.05, 0) is 43.3 Å². The Morgan fingerprint density at radius 2 is 1.72 bits per heavy atom. The summed E-state index contributed by atoms with van der Waals surface area (Å²) in [5.74, 6) is -1.23. The van der Waals surface area contributed by atoms with E-state index in [0.717, 1.165) is 11.8 Å². The highest BCUT2D eigenvalue weighted by Gasteiger charge is 2.19. The second-order valence-corrected chi connectivity index (χ2v) is 7.04. The van der Waals surface area contributed by atoms with Crippen molar-refractivity contribution >= 4 is 52.0 Å². The standard InChI is InChI=1S/C20H19N3O5S/c1-12(19(26)22-15-9-7-14(8-10-15)21-13(2)24)27-18(25)11-29-20-23-16-5-3-4-6-17(16)28-20/h3-10,12H,11H2,1-2H3,(H,21,24)(H,22,26)/t12-/m1/s1. The summed E-state index contributed by atoms with van der Waals surface area (Å²) >= 11 is 1.10. The van der Waals surface area contributed by atoms with Gasteiger partial charge in [0.2, 0.25) is 5.91 Å². The number of carbonyl (C=O) groups excluding carboxylic acids is 3. The zero-order valence-corrected chi connectivity index (χ0v) is 16.6. The van der Waals surface area contributed by atoms with Crippen LogP contribution in [0.3, 0.4) is 0 Å². The molecule has 29 heavy (non-hydrogen) atoms. The summed E-state index contributed by atoms with van der Waals surface area (Å²) in [5.41, 5.74) is 2.49. The van der Waals surface area contributed by atoms with Gasteiger partial charge in [-0.3, -0.25) is 14.4 Å². The molecule has 0 aliphatic rings. The van der Waals surface area contributed by atoms with Crippen LogP contribution in [-0.2, 0) is 19.1 Å². The molecule has 2 amide bonds. The molecule has 0 bridgehead atoms. The number of benzene rings is 2. The van der Waals surface area contributed by atoms with Gasteiger partial charge in [-0.15, -0.1) is 0 Å². The number of hydrogen-bond acceptors (Lipinski definition) is 7. The van der Waals surface area contributed by atoms with Crippen molar-refractivity contribution in [3.05, 3.63) is 48.5 Å². The topological polar surface area (TPSA) is 111 Å². The van der Waals surface area contributed by atoms with Crippen molar-refractivity contribution in [3.63, 3.8) is 0 Å². The lowest BCUT2D eigenvalue weighted by atomic mass is 10.2. The van der Waals surface area contributed by atoms with Crippen LogP contribution in [0.4, 0.5) is 11.4 Å². The molecule has 8 nitrogen and oxygen atoms in total. The minimum Gasteiger partial charge on any atom is -0.452 e. The van der Waals surface area contributed by atoms with Crippen molar-refractivity contribution < 1.29 is 23.5 Å². The minimum absolute atomic E-state index is 0.0319. The van der Waals surface area contributed by atoms with Gasteiger partial charge in [-0.2, -0.15) is 0 Å². The minimum atomic E-state index is -0.971. The molecule has 0 radical (unpaired) electrons. The lowest BCUT2D eigenvalue weighted by Crippen LogP contribution is -2.30. The van der Waals surface area contributed by atoms with E-state index >= 15 is 0 Å². The van der Waals surface area contributed by atoms with Gasteiger partial charge in [0, 0.05) is 18.3 Å². The molecule has 1 atom stereocenters. The Bertz CT molecular complexity index is 999. The van der Waals surface area contributed by atoms with Crippen LogP contribution >= 0.6 is 11.8 Å². The first kappa shape index (κ1) is 20.4. The molecule has 0 saturated heterocycles. The maximum absolute atomic E-state index is 12.2. The van der Waals surface area contributed by atoms with Crippen LogP contribution < -0.4 is 10.6 Å². The fraction of sp³-hybridized carbons (Fsp3) is 0.200. The van der Waals surface area contributed by atoms with Crippen LogP contribution in [0, 0.1) is 0 Å². The van der Waals surface area contributed by atoms with Crippen LogP contribution in [-0.4, -0.2) is 34.6 Å². The van der Waals surface area contributed by atoms with E-state index in [9.17, 15) is 14.4 Å². The largest absolute Gasteiger partial charge is 0.452 e. The molecular formula is C20H19N3O5S. The molecule has 9 heteroatoms. The predicted molar refractivity (Wildman–Crippen MR) is 110 cm³/mol. The summed E-state index contributed by atoms with van der Waals surface area (Å²) in [5, 5.41) is 5.65. The van der Waals surface area contributed by atoms with Gasteiger partial charge in [0.25, 0.3) is 11.1 Å². The number of esters is 1. The summed E-state index contributed by atoms with van der Waals surface area (Å²) < 4.78 is 10.7. The van der Waals surface area contributed by atoms with Crippen molar-refractivity contribution in [2.45, 2.75) is 25.2 Å². The molecule has 0 fully saturated rings. The van der Waals surface area contributed by atoms with Crippen LogP contribution in [0.25, 0.3) is 11.1 Å². The molecule has 3 rings (SSSR count). The van der Waals surface area contributed by atoms with E-state index in [4.69, 9.17) is 9.15 Å². The Morgan fingerprint density at radius 1 is 1.07 bits per heavy atom. The van der Waals surface area contributed by atoms with Gasteiger partial charge in [0.05, 0.1) is 0 Å². The number of amides is 2. The Kier molecular flexibility index (Phi) is 6.50. The molecule has 1 aromatic heterocycles. The van der Waals surface area contributed by atoms with Crippen molar-refractivity contribution in [2.24, 2.45) is 0 Å². The highest BCUT2D eigenvalue weighted by atomic mass is 32.2. The highest BCUT2D eigenvalue weighted by Crippen LogP contribution is 2.23. The molecule has 0 aliphatic heterocycles. The van der Waals surface area contributed by atoms with E-state index in [1.807, 2.05) is 18.2 Å². The van der Waals surface area contributed by atoms with Gasteiger partial charge in [0.15, 0.2) is 11.7 Å². The first-order valence-corrected chi connectivity index (χ1v) is 9.75. The zero-order chi connectivity index (χ0) is 20.8. The SMILES string of the molecule is CC(=O)Nc1ccc(NC(=O)[C@@H](C)OC(=O)CSc2nc3ccccc3o2)cc1. The van der Waals surface area contributed by atoms with Crippen LogP contribution in [0.1, 0.15) is 13.8 Å². The Morgan fingerprint density at radius 3 is 2.38 bits per heavy atom. The lowest BCUT2D eigenvalue weighted by molar-refractivity contribution is -0.150. The van der Waals surface area contributed by atoms with Crippen molar-refractivity contribution in [1.82, 2.24) is 4.98 Å². The fourth-order valence-electron chi connectivity index (χ4n) is 2.40. The number of oxazole rings is 1. The molecule has 3 aromatic rings. The molecule has 0 unspecified atom stereocenters. The molecule has 150 valence electrons. The van der Waals surface area contributed by atoms with Gasteiger partial charge < -0.3 is 19.8 Å². The Balaban J connectivity index is 1.47. The second kappa shape index (κ2) is 9.24. The quantitative estimate of drug-likeness (QED) is 0.451. The Labute approximate surface area is 171 Å². The van der Waals surface area contributed by atoms with Crippen molar-refractivity contribution in [3.8, 4) is 0 Å². The number of nitrogens with zero attached hydrogens (tertiary/aromatic N) is 1. The summed E-state index contributed by atoms with van der Waals surface area (Å²) in [6.07, 6.45) is -0.971. The molecular weight excluding hydrogens is 394 g/mol. The van der Waals surface area contributed by atoms with Gasteiger partial charge >= 0.3 is 5.97 Å². The van der Waals surface area contributed by atoms with Crippen LogP contribution in [0.5, 0.6) is 0 Å². The van der Waals surface area contributed by atoms with E-state index in [0.29, 0.717) is 27.7 Å². The third-order valence-electron chi connectivity index (χ3n) is 3.74. The maximum atomic E-state index is 12.2.